The van der Waals surface area contributed by atoms with E-state index >= 15 is 0 Å². The fourth-order valence-corrected chi connectivity index (χ4v) is 6.12. The maximum Gasteiger partial charge on any atom is 0.305 e. The van der Waals surface area contributed by atoms with Gasteiger partial charge in [0.25, 0.3) is 0 Å². The maximum absolute atomic E-state index is 12.3. The Hall–Kier alpha value is -1.74. The van der Waals surface area contributed by atoms with Gasteiger partial charge in [0.2, 0.25) is 0 Å². The van der Waals surface area contributed by atoms with Crippen molar-refractivity contribution in [2.24, 2.45) is 0 Å². The summed E-state index contributed by atoms with van der Waals surface area (Å²) in [7, 11) is 0. The SMILES string of the molecule is CCCC/C=C/COC(CCCCC(=O)OCCCCCCN(CCO)CCCCCCCC(=O)OCCCCCCCCC)OC/C=C/CCCC. The molecule has 0 saturated heterocycles. The number of carbonyl (C=O) groups excluding carboxylic acids is 2. The fourth-order valence-electron chi connectivity index (χ4n) is 6.12. The third kappa shape index (κ3) is 39.8. The van der Waals surface area contributed by atoms with Crippen LogP contribution in [0.1, 0.15) is 194 Å². The van der Waals surface area contributed by atoms with Crippen molar-refractivity contribution in [1.82, 2.24) is 4.90 Å². The summed E-state index contributed by atoms with van der Waals surface area (Å²) in [5.74, 6) is -0.160. The van der Waals surface area contributed by atoms with Crippen molar-refractivity contribution in [1.29, 1.82) is 0 Å². The lowest BCUT2D eigenvalue weighted by molar-refractivity contribution is -0.145. The van der Waals surface area contributed by atoms with Crippen LogP contribution in [0.25, 0.3) is 0 Å². The van der Waals surface area contributed by atoms with Crippen molar-refractivity contribution in [3.05, 3.63) is 24.3 Å². The van der Waals surface area contributed by atoms with Crippen LogP contribution in [0.3, 0.4) is 0 Å². The second-order valence-electron chi connectivity index (χ2n) is 14.6. The topological polar surface area (TPSA) is 94.5 Å². The minimum absolute atomic E-state index is 0.0433. The van der Waals surface area contributed by atoms with Crippen LogP contribution in [-0.4, -0.2) is 80.9 Å². The van der Waals surface area contributed by atoms with Gasteiger partial charge >= 0.3 is 11.9 Å². The molecule has 1 N–H and O–H groups in total. The Morgan fingerprint density at radius 1 is 0.509 bits per heavy atom. The predicted octanol–water partition coefficient (Wildman–Crippen LogP) is 11.4. The summed E-state index contributed by atoms with van der Waals surface area (Å²) in [5.41, 5.74) is 0. The van der Waals surface area contributed by atoms with Crippen LogP contribution in [0.2, 0.25) is 0 Å². The van der Waals surface area contributed by atoms with Gasteiger partial charge in [-0.1, -0.05) is 141 Å². The van der Waals surface area contributed by atoms with E-state index in [1.165, 1.54) is 57.8 Å². The Labute approximate surface area is 327 Å². The summed E-state index contributed by atoms with van der Waals surface area (Å²) < 4.78 is 22.8. The first-order chi connectivity index (χ1) is 26.1. The summed E-state index contributed by atoms with van der Waals surface area (Å²) in [6, 6.07) is 0. The van der Waals surface area contributed by atoms with Gasteiger partial charge in [-0.15, -0.1) is 0 Å². The molecule has 53 heavy (non-hydrogen) atoms. The number of rotatable bonds is 42. The largest absolute Gasteiger partial charge is 0.466 e. The first-order valence-electron chi connectivity index (χ1n) is 22.2. The van der Waals surface area contributed by atoms with E-state index in [0.717, 1.165) is 116 Å². The van der Waals surface area contributed by atoms with E-state index in [2.05, 4.69) is 50.0 Å². The molecule has 0 aliphatic rings. The van der Waals surface area contributed by atoms with Crippen molar-refractivity contribution in [3.8, 4) is 0 Å². The fraction of sp³-hybridized carbons (Fsp3) is 0.867. The molecular formula is C45H85NO7. The number of aliphatic hydroxyl groups excluding tert-OH is 1. The monoisotopic (exact) mass is 752 g/mol. The molecule has 0 amide bonds. The first-order valence-corrected chi connectivity index (χ1v) is 22.2. The molecule has 0 aromatic rings. The zero-order chi connectivity index (χ0) is 38.7. The van der Waals surface area contributed by atoms with E-state index in [1.54, 1.807) is 0 Å². The third-order valence-corrected chi connectivity index (χ3v) is 9.52. The van der Waals surface area contributed by atoms with E-state index in [0.29, 0.717) is 45.8 Å². The number of hydrogen-bond donors (Lipinski definition) is 1. The maximum atomic E-state index is 12.3. The van der Waals surface area contributed by atoms with Crippen LogP contribution in [0.15, 0.2) is 24.3 Å². The number of carbonyl (C=O) groups is 2. The molecule has 8 nitrogen and oxygen atoms in total. The molecule has 0 aliphatic heterocycles. The van der Waals surface area contributed by atoms with Gasteiger partial charge in [-0.05, 0) is 77.3 Å². The zero-order valence-corrected chi connectivity index (χ0v) is 35.0. The molecule has 0 atom stereocenters. The van der Waals surface area contributed by atoms with Gasteiger partial charge in [-0.2, -0.15) is 0 Å². The standard InChI is InChI=1S/C45H85NO7/c1-4-7-10-13-14-21-28-39-50-43(48)32-23-16-15-17-26-35-46(37-38-47)36-27-18-22-29-40-51-44(49)33-24-25-34-45(52-41-30-19-11-8-5-2)53-42-31-20-12-9-6-3/h19-20,30-31,45,47H,4-18,21-29,32-42H2,1-3H3/b30-19+,31-20+. The Kier molecular flexibility index (Phi) is 41.6. The van der Waals surface area contributed by atoms with Crippen molar-refractivity contribution in [2.75, 3.05) is 52.7 Å². The lowest BCUT2D eigenvalue weighted by Crippen LogP contribution is -2.29. The van der Waals surface area contributed by atoms with Gasteiger partial charge in [-0.25, -0.2) is 0 Å². The highest BCUT2D eigenvalue weighted by Crippen LogP contribution is 2.12. The molecule has 0 aliphatic carbocycles. The Morgan fingerprint density at radius 2 is 0.943 bits per heavy atom. The predicted molar refractivity (Wildman–Crippen MR) is 221 cm³/mol. The normalized spacial score (nSPS) is 11.9. The molecule has 0 spiro atoms. The van der Waals surface area contributed by atoms with Crippen LogP contribution in [0.4, 0.5) is 0 Å². The van der Waals surface area contributed by atoms with E-state index < -0.39 is 0 Å². The van der Waals surface area contributed by atoms with Gasteiger partial charge in [0.05, 0.1) is 33.0 Å². The van der Waals surface area contributed by atoms with Gasteiger partial charge in [0, 0.05) is 19.4 Å². The molecule has 0 radical (unpaired) electrons. The molecule has 0 aromatic carbocycles. The molecule has 8 heteroatoms. The molecule has 0 saturated carbocycles. The lowest BCUT2D eigenvalue weighted by Gasteiger charge is -2.21. The van der Waals surface area contributed by atoms with Crippen LogP contribution in [0.5, 0.6) is 0 Å². The van der Waals surface area contributed by atoms with Gasteiger partial charge < -0.3 is 29.0 Å². The first kappa shape index (κ1) is 51.3. The highest BCUT2D eigenvalue weighted by Gasteiger charge is 2.10. The van der Waals surface area contributed by atoms with Crippen LogP contribution < -0.4 is 0 Å². The molecule has 0 aromatic heterocycles. The minimum atomic E-state index is -0.260. The molecule has 0 bridgehead atoms. The van der Waals surface area contributed by atoms with Crippen molar-refractivity contribution in [3.63, 3.8) is 0 Å². The zero-order valence-electron chi connectivity index (χ0n) is 35.0. The number of allylic oxidation sites excluding steroid dienone is 2. The average Bonchev–Trinajstić information content (AvgIpc) is 3.15. The van der Waals surface area contributed by atoms with Crippen molar-refractivity contribution in [2.45, 2.75) is 200 Å². The van der Waals surface area contributed by atoms with Crippen molar-refractivity contribution >= 4 is 11.9 Å². The number of aliphatic hydroxyl groups is 1. The summed E-state index contributed by atoms with van der Waals surface area (Å²) in [6.07, 6.45) is 36.7. The van der Waals surface area contributed by atoms with Crippen LogP contribution in [-0.2, 0) is 28.5 Å². The highest BCUT2D eigenvalue weighted by molar-refractivity contribution is 5.69. The smallest absolute Gasteiger partial charge is 0.305 e. The van der Waals surface area contributed by atoms with E-state index in [4.69, 9.17) is 18.9 Å². The van der Waals surface area contributed by atoms with Crippen LogP contribution >= 0.6 is 0 Å². The van der Waals surface area contributed by atoms with E-state index in [1.807, 2.05) is 0 Å². The molecule has 0 heterocycles. The summed E-state index contributed by atoms with van der Waals surface area (Å²) in [4.78, 5) is 26.6. The quantitative estimate of drug-likeness (QED) is 0.0285. The highest BCUT2D eigenvalue weighted by atomic mass is 16.7. The second-order valence-corrected chi connectivity index (χ2v) is 14.6. The number of unbranched alkanes of at least 4 members (excludes halogenated alkanes) is 18. The summed E-state index contributed by atoms with van der Waals surface area (Å²) >= 11 is 0. The second kappa shape index (κ2) is 43.0. The van der Waals surface area contributed by atoms with Gasteiger partial charge in [0.1, 0.15) is 0 Å². The third-order valence-electron chi connectivity index (χ3n) is 9.52. The Morgan fingerprint density at radius 3 is 1.43 bits per heavy atom. The van der Waals surface area contributed by atoms with E-state index in [-0.39, 0.29) is 24.8 Å². The Bertz CT molecular complexity index is 812. The van der Waals surface area contributed by atoms with Gasteiger partial charge in [-0.3, -0.25) is 9.59 Å². The Balaban J connectivity index is 3.90. The lowest BCUT2D eigenvalue weighted by atomic mass is 10.1. The molecule has 0 unspecified atom stereocenters. The van der Waals surface area contributed by atoms with Crippen LogP contribution in [0, 0.1) is 0 Å². The van der Waals surface area contributed by atoms with Gasteiger partial charge in [0.15, 0.2) is 6.29 Å². The average molecular weight is 752 g/mol. The minimum Gasteiger partial charge on any atom is -0.466 e. The van der Waals surface area contributed by atoms with E-state index in [9.17, 15) is 14.7 Å². The summed E-state index contributed by atoms with van der Waals surface area (Å²) in [5, 5.41) is 9.51. The number of esters is 2. The molecular weight excluding hydrogens is 666 g/mol. The van der Waals surface area contributed by atoms with Crippen molar-refractivity contribution < 1.29 is 33.6 Å². The number of hydrogen-bond acceptors (Lipinski definition) is 8. The molecule has 0 fully saturated rings. The molecule has 0 rings (SSSR count). The number of nitrogens with zero attached hydrogens (tertiary/aromatic N) is 1. The molecule has 312 valence electrons. The summed E-state index contributed by atoms with van der Waals surface area (Å²) in [6.45, 7) is 11.7. The number of ether oxygens (including phenoxy) is 4.